The summed E-state index contributed by atoms with van der Waals surface area (Å²) in [5.41, 5.74) is 0.480. The van der Waals surface area contributed by atoms with Crippen molar-refractivity contribution in [1.82, 2.24) is 5.32 Å². The molecule has 0 spiro atoms. The van der Waals surface area contributed by atoms with Crippen molar-refractivity contribution in [2.75, 3.05) is 20.3 Å². The van der Waals surface area contributed by atoms with Crippen molar-refractivity contribution in [3.63, 3.8) is 0 Å². The Bertz CT molecular complexity index is 371. The zero-order valence-electron chi connectivity index (χ0n) is 8.93. The van der Waals surface area contributed by atoms with Gasteiger partial charge in [0.2, 0.25) is 0 Å². The number of carbonyl (C=O) groups is 1. The summed E-state index contributed by atoms with van der Waals surface area (Å²) in [7, 11) is 1.63. The second-order valence-corrected chi connectivity index (χ2v) is 4.44. The lowest BCUT2D eigenvalue weighted by Crippen LogP contribution is -2.25. The molecule has 0 radical (unpaired) electrons. The van der Waals surface area contributed by atoms with Gasteiger partial charge in [-0.15, -0.1) is 0 Å². The second-order valence-electron chi connectivity index (χ2n) is 3.20. The van der Waals surface area contributed by atoms with Crippen LogP contribution < -0.4 is 5.32 Å². The van der Waals surface area contributed by atoms with Crippen LogP contribution in [0.1, 0.15) is 16.8 Å². The van der Waals surface area contributed by atoms with E-state index in [4.69, 9.17) is 16.3 Å². The molecule has 0 heterocycles. The number of nitrogens with one attached hydrogen (secondary N) is 1. The zero-order chi connectivity index (χ0) is 12.0. The van der Waals surface area contributed by atoms with Crippen molar-refractivity contribution >= 4 is 33.4 Å². The molecule has 0 bridgehead atoms. The lowest BCUT2D eigenvalue weighted by molar-refractivity contribution is 0.0948. The SMILES string of the molecule is COCCCNC(=O)c1cccc(Br)c1Cl. The molecule has 1 aromatic rings. The maximum Gasteiger partial charge on any atom is 0.252 e. The van der Waals surface area contributed by atoms with E-state index in [2.05, 4.69) is 21.2 Å². The van der Waals surface area contributed by atoms with Gasteiger partial charge in [-0.3, -0.25) is 4.79 Å². The van der Waals surface area contributed by atoms with Gasteiger partial charge in [-0.2, -0.15) is 0 Å². The quantitative estimate of drug-likeness (QED) is 0.850. The van der Waals surface area contributed by atoms with Crippen molar-refractivity contribution in [3.8, 4) is 0 Å². The number of hydrogen-bond acceptors (Lipinski definition) is 2. The first kappa shape index (κ1) is 13.5. The first-order chi connectivity index (χ1) is 7.66. The van der Waals surface area contributed by atoms with E-state index in [1.807, 2.05) is 0 Å². The second kappa shape index (κ2) is 6.89. The zero-order valence-corrected chi connectivity index (χ0v) is 11.3. The highest BCUT2D eigenvalue weighted by molar-refractivity contribution is 9.10. The molecule has 3 nitrogen and oxygen atoms in total. The number of halogens is 2. The largest absolute Gasteiger partial charge is 0.385 e. The molecule has 5 heteroatoms. The summed E-state index contributed by atoms with van der Waals surface area (Å²) in [6.45, 7) is 1.21. The normalized spacial score (nSPS) is 10.2. The number of amides is 1. The van der Waals surface area contributed by atoms with Crippen LogP contribution in [0.3, 0.4) is 0 Å². The highest BCUT2D eigenvalue weighted by atomic mass is 79.9. The van der Waals surface area contributed by atoms with Gasteiger partial charge in [0.05, 0.1) is 10.6 Å². The average molecular weight is 307 g/mol. The summed E-state index contributed by atoms with van der Waals surface area (Å²) < 4.78 is 5.61. The van der Waals surface area contributed by atoms with E-state index in [0.717, 1.165) is 10.9 Å². The summed E-state index contributed by atoms with van der Waals surface area (Å²) in [4.78, 5) is 11.7. The first-order valence-corrected chi connectivity index (χ1v) is 6.05. The Morgan fingerprint density at radius 1 is 1.56 bits per heavy atom. The fraction of sp³-hybridized carbons (Fsp3) is 0.364. The maximum atomic E-state index is 11.7. The summed E-state index contributed by atoms with van der Waals surface area (Å²) in [6.07, 6.45) is 0.786. The van der Waals surface area contributed by atoms with Crippen LogP contribution in [0.2, 0.25) is 5.02 Å². The molecule has 1 amide bonds. The minimum Gasteiger partial charge on any atom is -0.385 e. The maximum absolute atomic E-state index is 11.7. The molecule has 0 aliphatic carbocycles. The van der Waals surface area contributed by atoms with Gasteiger partial charge in [0.15, 0.2) is 0 Å². The fourth-order valence-electron chi connectivity index (χ4n) is 1.19. The lowest BCUT2D eigenvalue weighted by Gasteiger charge is -2.07. The van der Waals surface area contributed by atoms with Crippen molar-refractivity contribution in [1.29, 1.82) is 0 Å². The lowest BCUT2D eigenvalue weighted by atomic mass is 10.2. The fourth-order valence-corrected chi connectivity index (χ4v) is 1.77. The molecule has 1 N–H and O–H groups in total. The molecule has 0 fully saturated rings. The van der Waals surface area contributed by atoms with E-state index >= 15 is 0 Å². The van der Waals surface area contributed by atoms with Crippen LogP contribution in [0.25, 0.3) is 0 Å². The van der Waals surface area contributed by atoms with Crippen molar-refractivity contribution in [2.24, 2.45) is 0 Å². The number of benzene rings is 1. The van der Waals surface area contributed by atoms with E-state index in [1.165, 1.54) is 0 Å². The van der Waals surface area contributed by atoms with Crippen molar-refractivity contribution in [2.45, 2.75) is 6.42 Å². The molecule has 0 aliphatic rings. The molecule has 1 rings (SSSR count). The van der Waals surface area contributed by atoms with Gasteiger partial charge in [0.1, 0.15) is 0 Å². The molecular weight excluding hydrogens is 293 g/mol. The summed E-state index contributed by atoms with van der Waals surface area (Å²) >= 11 is 9.27. The molecule has 0 aliphatic heterocycles. The van der Waals surface area contributed by atoms with E-state index in [9.17, 15) is 4.79 Å². The van der Waals surface area contributed by atoms with E-state index in [-0.39, 0.29) is 5.91 Å². The summed E-state index contributed by atoms with van der Waals surface area (Å²) in [5.74, 6) is -0.164. The van der Waals surface area contributed by atoms with Gasteiger partial charge in [-0.05, 0) is 34.5 Å². The van der Waals surface area contributed by atoms with Gasteiger partial charge in [0.25, 0.3) is 5.91 Å². The Morgan fingerprint density at radius 2 is 2.31 bits per heavy atom. The van der Waals surface area contributed by atoms with Crippen LogP contribution >= 0.6 is 27.5 Å². The van der Waals surface area contributed by atoms with Gasteiger partial charge in [-0.25, -0.2) is 0 Å². The van der Waals surface area contributed by atoms with E-state index < -0.39 is 0 Å². The number of rotatable bonds is 5. The van der Waals surface area contributed by atoms with Gasteiger partial charge in [-0.1, -0.05) is 17.7 Å². The topological polar surface area (TPSA) is 38.3 Å². The number of methoxy groups -OCH3 is 1. The number of ether oxygens (including phenoxy) is 1. The van der Waals surface area contributed by atoms with Crippen LogP contribution in [0.5, 0.6) is 0 Å². The Balaban J connectivity index is 2.56. The molecule has 0 saturated carbocycles. The van der Waals surface area contributed by atoms with E-state index in [0.29, 0.717) is 23.7 Å². The number of carbonyl (C=O) groups excluding carboxylic acids is 1. The number of hydrogen-bond donors (Lipinski definition) is 1. The van der Waals surface area contributed by atoms with Crippen LogP contribution in [0.15, 0.2) is 22.7 Å². The van der Waals surface area contributed by atoms with Crippen LogP contribution in [0, 0.1) is 0 Å². The Kier molecular flexibility index (Phi) is 5.80. The predicted octanol–water partition coefficient (Wildman–Crippen LogP) is 2.87. The Hall–Kier alpha value is -0.580. The third-order valence-corrected chi connectivity index (χ3v) is 3.30. The smallest absolute Gasteiger partial charge is 0.252 e. The van der Waals surface area contributed by atoms with Crippen molar-refractivity contribution < 1.29 is 9.53 Å². The molecule has 0 saturated heterocycles. The Morgan fingerprint density at radius 3 is 3.00 bits per heavy atom. The van der Waals surface area contributed by atoms with Crippen LogP contribution in [0.4, 0.5) is 0 Å². The van der Waals surface area contributed by atoms with Gasteiger partial charge < -0.3 is 10.1 Å². The van der Waals surface area contributed by atoms with Crippen LogP contribution in [-0.4, -0.2) is 26.2 Å². The molecule has 0 unspecified atom stereocenters. The molecular formula is C11H13BrClNO2. The van der Waals surface area contributed by atoms with Gasteiger partial charge >= 0.3 is 0 Å². The predicted molar refractivity (Wildman–Crippen MR) is 68.0 cm³/mol. The molecule has 0 atom stereocenters. The molecule has 16 heavy (non-hydrogen) atoms. The van der Waals surface area contributed by atoms with Crippen molar-refractivity contribution in [3.05, 3.63) is 33.3 Å². The molecule has 88 valence electrons. The molecule has 1 aromatic carbocycles. The third-order valence-electron chi connectivity index (χ3n) is 2.01. The van der Waals surface area contributed by atoms with Crippen LogP contribution in [-0.2, 0) is 4.74 Å². The highest BCUT2D eigenvalue weighted by Crippen LogP contribution is 2.25. The molecule has 0 aromatic heterocycles. The Labute approximate surface area is 108 Å². The summed E-state index contributed by atoms with van der Waals surface area (Å²) in [6, 6.07) is 5.27. The summed E-state index contributed by atoms with van der Waals surface area (Å²) in [5, 5.41) is 3.21. The average Bonchev–Trinajstić information content (AvgIpc) is 2.28. The van der Waals surface area contributed by atoms with E-state index in [1.54, 1.807) is 25.3 Å². The standard InChI is InChI=1S/C11H13BrClNO2/c1-16-7-3-6-14-11(15)8-4-2-5-9(12)10(8)13/h2,4-5H,3,6-7H2,1H3,(H,14,15). The highest BCUT2D eigenvalue weighted by Gasteiger charge is 2.11. The minimum atomic E-state index is -0.164. The monoisotopic (exact) mass is 305 g/mol. The van der Waals surface area contributed by atoms with Gasteiger partial charge in [0, 0.05) is 24.7 Å². The minimum absolute atomic E-state index is 0.164. The first-order valence-electron chi connectivity index (χ1n) is 4.88. The third kappa shape index (κ3) is 3.77.